The Labute approximate surface area is 184 Å². The van der Waals surface area contributed by atoms with Crippen LogP contribution in [0.5, 0.6) is 17.5 Å². The van der Waals surface area contributed by atoms with Crippen LogP contribution in [-0.2, 0) is 0 Å². The van der Waals surface area contributed by atoms with Crippen LogP contribution in [0.15, 0.2) is 85.2 Å². The van der Waals surface area contributed by atoms with Gasteiger partial charge in [-0.1, -0.05) is 24.3 Å². The topological polar surface area (TPSA) is 73.3 Å². The summed E-state index contributed by atoms with van der Waals surface area (Å²) < 4.78 is 24.0. The van der Waals surface area contributed by atoms with Crippen LogP contribution in [0, 0.1) is 5.82 Å². The van der Waals surface area contributed by atoms with Crippen LogP contribution in [0.4, 0.5) is 10.1 Å². The molecular formula is C25H20FN3O3. The number of amides is 1. The van der Waals surface area contributed by atoms with Crippen LogP contribution >= 0.6 is 0 Å². The molecule has 0 fully saturated rings. The van der Waals surface area contributed by atoms with Crippen LogP contribution in [-0.4, -0.2) is 22.5 Å². The van der Waals surface area contributed by atoms with Crippen LogP contribution < -0.4 is 14.8 Å². The van der Waals surface area contributed by atoms with Gasteiger partial charge in [-0.25, -0.2) is 14.4 Å². The number of hydrogen-bond acceptors (Lipinski definition) is 5. The second kappa shape index (κ2) is 9.70. The Balaban J connectivity index is 1.43. The van der Waals surface area contributed by atoms with Crippen LogP contribution in [0.25, 0.3) is 11.1 Å². The summed E-state index contributed by atoms with van der Waals surface area (Å²) >= 11 is 0. The van der Waals surface area contributed by atoms with Gasteiger partial charge in [-0.15, -0.1) is 0 Å². The number of para-hydroxylation sites is 2. The van der Waals surface area contributed by atoms with Crippen LogP contribution in [0.2, 0.25) is 0 Å². The fourth-order valence-corrected chi connectivity index (χ4v) is 2.99. The summed E-state index contributed by atoms with van der Waals surface area (Å²) in [5, 5.41) is 2.88. The maximum atomic E-state index is 13.0. The van der Waals surface area contributed by atoms with E-state index in [1.54, 1.807) is 30.6 Å². The van der Waals surface area contributed by atoms with Gasteiger partial charge in [-0.2, -0.15) is 0 Å². The van der Waals surface area contributed by atoms with E-state index < -0.39 is 0 Å². The normalized spacial score (nSPS) is 10.4. The number of carbonyl (C=O) groups is 1. The van der Waals surface area contributed by atoms with Gasteiger partial charge in [0.1, 0.15) is 17.3 Å². The largest absolute Gasteiger partial charge is 0.492 e. The van der Waals surface area contributed by atoms with Crippen molar-refractivity contribution in [3.8, 4) is 28.6 Å². The van der Waals surface area contributed by atoms with Gasteiger partial charge in [0, 0.05) is 23.5 Å². The molecule has 0 saturated heterocycles. The van der Waals surface area contributed by atoms with Gasteiger partial charge in [0.15, 0.2) is 0 Å². The zero-order valence-electron chi connectivity index (χ0n) is 17.3. The highest BCUT2D eigenvalue weighted by atomic mass is 19.1. The second-order valence-electron chi connectivity index (χ2n) is 6.77. The number of benzene rings is 3. The van der Waals surface area contributed by atoms with Crippen LogP contribution in [0.3, 0.4) is 0 Å². The first-order valence-corrected chi connectivity index (χ1v) is 10.0. The van der Waals surface area contributed by atoms with Crippen molar-refractivity contribution in [1.82, 2.24) is 9.97 Å². The predicted molar refractivity (Wildman–Crippen MR) is 120 cm³/mol. The Morgan fingerprint density at radius 2 is 1.59 bits per heavy atom. The van der Waals surface area contributed by atoms with E-state index in [2.05, 4.69) is 15.3 Å². The summed E-state index contributed by atoms with van der Waals surface area (Å²) in [4.78, 5) is 21.0. The molecule has 0 spiro atoms. The Morgan fingerprint density at radius 1 is 0.906 bits per heavy atom. The summed E-state index contributed by atoms with van der Waals surface area (Å²) in [6.45, 7) is 2.40. The third kappa shape index (κ3) is 5.07. The molecule has 0 saturated carbocycles. The lowest BCUT2D eigenvalue weighted by atomic mass is 10.1. The van der Waals surface area contributed by atoms with E-state index in [0.29, 0.717) is 29.4 Å². The molecule has 160 valence electrons. The molecule has 0 unspecified atom stereocenters. The zero-order chi connectivity index (χ0) is 22.3. The monoisotopic (exact) mass is 429 g/mol. The minimum Gasteiger partial charge on any atom is -0.492 e. The van der Waals surface area contributed by atoms with Crippen molar-refractivity contribution in [2.24, 2.45) is 0 Å². The van der Waals surface area contributed by atoms with Gasteiger partial charge in [-0.05, 0) is 61.0 Å². The fraction of sp³-hybridized carbons (Fsp3) is 0.0800. The molecule has 3 aromatic carbocycles. The van der Waals surface area contributed by atoms with E-state index in [9.17, 15) is 9.18 Å². The van der Waals surface area contributed by atoms with Crippen molar-refractivity contribution in [3.63, 3.8) is 0 Å². The number of nitrogens with one attached hydrogen (secondary N) is 1. The molecule has 0 bridgehead atoms. The summed E-state index contributed by atoms with van der Waals surface area (Å²) in [6, 6.07) is 20.2. The van der Waals surface area contributed by atoms with Crippen molar-refractivity contribution in [3.05, 3.63) is 96.6 Å². The molecule has 1 amide bonds. The minimum atomic E-state index is -0.343. The fourth-order valence-electron chi connectivity index (χ4n) is 2.99. The summed E-state index contributed by atoms with van der Waals surface area (Å²) in [6.07, 6.45) is 3.25. The molecule has 4 rings (SSSR count). The molecule has 7 heteroatoms. The number of nitrogens with zero attached hydrogens (tertiary/aromatic N) is 2. The lowest BCUT2D eigenvalue weighted by molar-refractivity contribution is 0.102. The van der Waals surface area contributed by atoms with E-state index in [-0.39, 0.29) is 17.7 Å². The van der Waals surface area contributed by atoms with E-state index in [1.807, 2.05) is 37.3 Å². The molecule has 6 nitrogen and oxygen atoms in total. The smallest absolute Gasteiger partial charge is 0.321 e. The van der Waals surface area contributed by atoms with Gasteiger partial charge < -0.3 is 14.8 Å². The summed E-state index contributed by atoms with van der Waals surface area (Å²) in [5.41, 5.74) is 2.75. The van der Waals surface area contributed by atoms with Gasteiger partial charge in [0.2, 0.25) is 0 Å². The highest BCUT2D eigenvalue weighted by molar-refractivity contribution is 6.05. The van der Waals surface area contributed by atoms with Crippen LogP contribution in [0.1, 0.15) is 17.3 Å². The number of hydrogen-bond donors (Lipinski definition) is 1. The van der Waals surface area contributed by atoms with E-state index >= 15 is 0 Å². The van der Waals surface area contributed by atoms with Gasteiger partial charge in [0.25, 0.3) is 5.91 Å². The molecule has 0 aliphatic heterocycles. The Kier molecular flexibility index (Phi) is 6.36. The standard InChI is InChI=1S/C25H20FN3O3/c1-2-31-23-6-4-3-5-22(23)29-24(30)18-9-7-17(8-10-18)19-15-27-25(28-16-19)32-21-13-11-20(26)12-14-21/h3-16H,2H2,1H3,(H,29,30). The number of halogens is 1. The lowest BCUT2D eigenvalue weighted by Gasteiger charge is -2.11. The summed E-state index contributed by atoms with van der Waals surface area (Å²) in [5.74, 6) is 0.493. The Bertz CT molecular complexity index is 1190. The van der Waals surface area contributed by atoms with E-state index in [4.69, 9.17) is 9.47 Å². The second-order valence-corrected chi connectivity index (χ2v) is 6.77. The van der Waals surface area contributed by atoms with Gasteiger partial charge >= 0.3 is 6.01 Å². The number of carbonyl (C=O) groups excluding carboxylic acids is 1. The first kappa shape index (κ1) is 21.0. The minimum absolute atomic E-state index is 0.157. The number of aromatic nitrogens is 2. The van der Waals surface area contributed by atoms with E-state index in [0.717, 1.165) is 11.1 Å². The molecule has 0 aliphatic rings. The third-order valence-corrected chi connectivity index (χ3v) is 4.57. The zero-order valence-corrected chi connectivity index (χ0v) is 17.3. The highest BCUT2D eigenvalue weighted by Gasteiger charge is 2.10. The number of anilines is 1. The Hall–Kier alpha value is -4.26. The molecule has 0 aliphatic carbocycles. The van der Waals surface area contributed by atoms with Crippen molar-refractivity contribution >= 4 is 11.6 Å². The molecule has 1 aromatic heterocycles. The maximum Gasteiger partial charge on any atom is 0.321 e. The number of rotatable bonds is 7. The highest BCUT2D eigenvalue weighted by Crippen LogP contribution is 2.25. The maximum absolute atomic E-state index is 13.0. The van der Waals surface area contributed by atoms with Crippen molar-refractivity contribution < 1.29 is 18.7 Å². The predicted octanol–water partition coefficient (Wildman–Crippen LogP) is 5.73. The quantitative estimate of drug-likeness (QED) is 0.406. The van der Waals surface area contributed by atoms with E-state index in [1.165, 1.54) is 24.3 Å². The molecular weight excluding hydrogens is 409 g/mol. The summed E-state index contributed by atoms with van der Waals surface area (Å²) in [7, 11) is 0. The molecule has 32 heavy (non-hydrogen) atoms. The average molecular weight is 429 g/mol. The average Bonchev–Trinajstić information content (AvgIpc) is 2.83. The van der Waals surface area contributed by atoms with Crippen molar-refractivity contribution in [2.75, 3.05) is 11.9 Å². The Morgan fingerprint density at radius 3 is 2.28 bits per heavy atom. The van der Waals surface area contributed by atoms with Gasteiger partial charge in [0.05, 0.1) is 12.3 Å². The molecule has 1 heterocycles. The lowest BCUT2D eigenvalue weighted by Crippen LogP contribution is -2.12. The first-order valence-electron chi connectivity index (χ1n) is 10.0. The van der Waals surface area contributed by atoms with Gasteiger partial charge in [-0.3, -0.25) is 4.79 Å². The first-order chi connectivity index (χ1) is 15.6. The van der Waals surface area contributed by atoms with Crippen molar-refractivity contribution in [2.45, 2.75) is 6.92 Å². The number of ether oxygens (including phenoxy) is 2. The SMILES string of the molecule is CCOc1ccccc1NC(=O)c1ccc(-c2cnc(Oc3ccc(F)cc3)nc2)cc1. The molecule has 4 aromatic rings. The third-order valence-electron chi connectivity index (χ3n) is 4.57. The molecule has 0 atom stereocenters. The van der Waals surface area contributed by atoms with Crippen molar-refractivity contribution in [1.29, 1.82) is 0 Å². The molecule has 1 N–H and O–H groups in total. The molecule has 0 radical (unpaired) electrons.